The molecule has 0 radical (unpaired) electrons. The van der Waals surface area contributed by atoms with Crippen molar-refractivity contribution in [3.63, 3.8) is 0 Å². The molecular formula is C12H17NO2. The molecule has 0 saturated heterocycles. The van der Waals surface area contributed by atoms with E-state index in [1.807, 2.05) is 0 Å². The highest BCUT2D eigenvalue weighted by Crippen LogP contribution is 2.30. The van der Waals surface area contributed by atoms with Gasteiger partial charge in [-0.15, -0.1) is 0 Å². The third-order valence-corrected chi connectivity index (χ3v) is 3.11. The van der Waals surface area contributed by atoms with Gasteiger partial charge in [0.1, 0.15) is 0 Å². The second-order valence-corrected chi connectivity index (χ2v) is 4.26. The maximum Gasteiger partial charge on any atom is 0.198 e. The van der Waals surface area contributed by atoms with Crippen LogP contribution < -0.4 is 0 Å². The first-order valence-corrected chi connectivity index (χ1v) is 5.81. The summed E-state index contributed by atoms with van der Waals surface area (Å²) in [5, 5.41) is 0. The van der Waals surface area contributed by atoms with Gasteiger partial charge in [0, 0.05) is 5.92 Å². The van der Waals surface area contributed by atoms with Gasteiger partial charge in [-0.05, 0) is 12.8 Å². The Bertz CT molecular complexity index is 311. The van der Waals surface area contributed by atoms with Crippen molar-refractivity contribution >= 4 is 6.29 Å². The fourth-order valence-electron chi connectivity index (χ4n) is 2.25. The molecule has 0 aromatic carbocycles. The van der Waals surface area contributed by atoms with Crippen LogP contribution in [0.2, 0.25) is 0 Å². The van der Waals surface area contributed by atoms with Crippen LogP contribution in [0.25, 0.3) is 0 Å². The van der Waals surface area contributed by atoms with Gasteiger partial charge in [0.25, 0.3) is 0 Å². The monoisotopic (exact) mass is 207 g/mol. The van der Waals surface area contributed by atoms with Crippen LogP contribution in [0.3, 0.4) is 0 Å². The fourth-order valence-corrected chi connectivity index (χ4v) is 2.25. The molecular weight excluding hydrogens is 190 g/mol. The molecule has 0 amide bonds. The van der Waals surface area contributed by atoms with Gasteiger partial charge < -0.3 is 4.42 Å². The van der Waals surface area contributed by atoms with Crippen molar-refractivity contribution in [3.05, 3.63) is 17.8 Å². The summed E-state index contributed by atoms with van der Waals surface area (Å²) >= 11 is 0. The molecule has 2 rings (SSSR count). The van der Waals surface area contributed by atoms with E-state index < -0.39 is 0 Å². The van der Waals surface area contributed by atoms with Crippen molar-refractivity contribution in [3.8, 4) is 0 Å². The Labute approximate surface area is 89.9 Å². The van der Waals surface area contributed by atoms with Crippen LogP contribution in [0.5, 0.6) is 0 Å². The number of oxazole rings is 1. The summed E-state index contributed by atoms with van der Waals surface area (Å²) in [7, 11) is 0. The van der Waals surface area contributed by atoms with Crippen molar-refractivity contribution in [1.82, 2.24) is 4.98 Å². The first-order valence-electron chi connectivity index (χ1n) is 5.81. The molecule has 1 aromatic rings. The average Bonchev–Trinajstić information content (AvgIpc) is 2.65. The fraction of sp³-hybridized carbons (Fsp3) is 0.667. The molecule has 1 heterocycles. The van der Waals surface area contributed by atoms with E-state index in [0.29, 0.717) is 11.7 Å². The minimum atomic E-state index is 0.354. The minimum Gasteiger partial charge on any atom is -0.438 e. The minimum absolute atomic E-state index is 0.354. The molecule has 15 heavy (non-hydrogen) atoms. The van der Waals surface area contributed by atoms with E-state index >= 15 is 0 Å². The summed E-state index contributed by atoms with van der Waals surface area (Å²) < 4.78 is 5.39. The molecule has 1 aliphatic rings. The van der Waals surface area contributed by atoms with Crippen molar-refractivity contribution in [2.75, 3.05) is 0 Å². The highest BCUT2D eigenvalue weighted by Gasteiger charge is 2.18. The van der Waals surface area contributed by atoms with Crippen molar-refractivity contribution in [1.29, 1.82) is 0 Å². The van der Waals surface area contributed by atoms with Crippen LogP contribution in [0.15, 0.2) is 10.6 Å². The molecule has 1 fully saturated rings. The van der Waals surface area contributed by atoms with Gasteiger partial charge in [-0.2, -0.15) is 0 Å². The Kier molecular flexibility index (Phi) is 3.54. The third-order valence-electron chi connectivity index (χ3n) is 3.11. The molecule has 0 N–H and O–H groups in total. The third kappa shape index (κ3) is 2.67. The van der Waals surface area contributed by atoms with Gasteiger partial charge in [0.05, 0.1) is 6.20 Å². The predicted octanol–water partition coefficient (Wildman–Crippen LogP) is 3.32. The van der Waals surface area contributed by atoms with Crippen LogP contribution in [-0.4, -0.2) is 11.3 Å². The zero-order valence-corrected chi connectivity index (χ0v) is 8.95. The Morgan fingerprint density at radius 2 is 1.87 bits per heavy atom. The molecule has 82 valence electrons. The molecule has 0 spiro atoms. The second-order valence-electron chi connectivity index (χ2n) is 4.26. The number of carbonyl (C=O) groups excluding carboxylic acids is 1. The van der Waals surface area contributed by atoms with E-state index in [9.17, 15) is 4.79 Å². The zero-order chi connectivity index (χ0) is 10.5. The van der Waals surface area contributed by atoms with E-state index in [1.165, 1.54) is 38.3 Å². The quantitative estimate of drug-likeness (QED) is 0.699. The van der Waals surface area contributed by atoms with E-state index in [2.05, 4.69) is 4.98 Å². The molecule has 1 aromatic heterocycles. The number of rotatable bonds is 2. The number of hydrogen-bond acceptors (Lipinski definition) is 3. The van der Waals surface area contributed by atoms with E-state index in [1.54, 1.807) is 0 Å². The van der Waals surface area contributed by atoms with Crippen LogP contribution in [0.4, 0.5) is 0 Å². The van der Waals surface area contributed by atoms with Crippen LogP contribution >= 0.6 is 0 Å². The van der Waals surface area contributed by atoms with Gasteiger partial charge in [-0.25, -0.2) is 4.98 Å². The first-order chi connectivity index (χ1) is 7.40. The lowest BCUT2D eigenvalue weighted by Gasteiger charge is -2.16. The van der Waals surface area contributed by atoms with Gasteiger partial charge in [-0.3, -0.25) is 4.79 Å². The van der Waals surface area contributed by atoms with Gasteiger partial charge >= 0.3 is 0 Å². The molecule has 3 nitrogen and oxygen atoms in total. The maximum atomic E-state index is 10.5. The lowest BCUT2D eigenvalue weighted by molar-refractivity contribution is 0.109. The van der Waals surface area contributed by atoms with E-state index in [0.717, 1.165) is 25.0 Å². The number of carbonyl (C=O) groups is 1. The predicted molar refractivity (Wildman–Crippen MR) is 57.0 cm³/mol. The average molecular weight is 207 g/mol. The lowest BCUT2D eigenvalue weighted by Crippen LogP contribution is -2.02. The first kappa shape index (κ1) is 10.4. The number of nitrogens with zero attached hydrogens (tertiary/aromatic N) is 1. The molecule has 0 atom stereocenters. The Morgan fingerprint density at radius 3 is 2.47 bits per heavy atom. The smallest absolute Gasteiger partial charge is 0.198 e. The number of aromatic nitrogens is 1. The number of hydrogen-bond donors (Lipinski definition) is 0. The van der Waals surface area contributed by atoms with Crippen molar-refractivity contribution in [2.45, 2.75) is 50.9 Å². The molecule has 0 bridgehead atoms. The molecule has 0 unspecified atom stereocenters. The SMILES string of the molecule is O=Cc1cnc(C2CCCCCCC2)o1. The summed E-state index contributed by atoms with van der Waals surface area (Å²) in [6.45, 7) is 0. The van der Waals surface area contributed by atoms with Crippen LogP contribution in [0.1, 0.15) is 67.3 Å². The highest BCUT2D eigenvalue weighted by molar-refractivity contribution is 5.69. The summed E-state index contributed by atoms with van der Waals surface area (Å²) in [5.41, 5.74) is 0. The van der Waals surface area contributed by atoms with Crippen molar-refractivity contribution < 1.29 is 9.21 Å². The summed E-state index contributed by atoms with van der Waals surface area (Å²) in [6.07, 6.45) is 11.1. The number of aldehydes is 1. The standard InChI is InChI=1S/C12H17NO2/c14-9-11-8-13-12(15-11)10-6-4-2-1-3-5-7-10/h8-10H,1-7H2. The molecule has 3 heteroatoms. The Hall–Kier alpha value is -1.12. The topological polar surface area (TPSA) is 43.1 Å². The summed E-state index contributed by atoms with van der Waals surface area (Å²) in [6, 6.07) is 0. The summed E-state index contributed by atoms with van der Waals surface area (Å²) in [4.78, 5) is 14.7. The molecule has 0 aliphatic heterocycles. The Balaban J connectivity index is 2.03. The van der Waals surface area contributed by atoms with Gasteiger partial charge in [-0.1, -0.05) is 32.1 Å². The Morgan fingerprint density at radius 1 is 1.20 bits per heavy atom. The van der Waals surface area contributed by atoms with Gasteiger partial charge in [0.15, 0.2) is 17.9 Å². The largest absolute Gasteiger partial charge is 0.438 e. The summed E-state index contributed by atoms with van der Waals surface area (Å²) in [5.74, 6) is 1.55. The van der Waals surface area contributed by atoms with Gasteiger partial charge in [0.2, 0.25) is 0 Å². The lowest BCUT2D eigenvalue weighted by atomic mass is 9.91. The zero-order valence-electron chi connectivity index (χ0n) is 8.95. The molecule has 1 aliphatic carbocycles. The van der Waals surface area contributed by atoms with Crippen LogP contribution in [-0.2, 0) is 0 Å². The second kappa shape index (κ2) is 5.10. The van der Waals surface area contributed by atoms with Crippen molar-refractivity contribution in [2.24, 2.45) is 0 Å². The highest BCUT2D eigenvalue weighted by atomic mass is 16.4. The normalized spacial score (nSPS) is 19.5. The van der Waals surface area contributed by atoms with E-state index in [4.69, 9.17) is 4.42 Å². The van der Waals surface area contributed by atoms with Crippen LogP contribution in [0, 0.1) is 0 Å². The molecule has 1 saturated carbocycles. The van der Waals surface area contributed by atoms with E-state index in [-0.39, 0.29) is 0 Å². The maximum absolute atomic E-state index is 10.5.